The minimum Gasteiger partial charge on any atom is -0.326 e. The Balaban J connectivity index is 1.52. The molecule has 1 aliphatic heterocycles. The second-order valence-corrected chi connectivity index (χ2v) is 6.88. The lowest BCUT2D eigenvalue weighted by atomic mass is 10.1. The van der Waals surface area contributed by atoms with E-state index >= 15 is 0 Å². The largest absolute Gasteiger partial charge is 0.326 e. The summed E-state index contributed by atoms with van der Waals surface area (Å²) in [6.45, 7) is 1.72. The first-order chi connectivity index (χ1) is 12.5. The molecule has 2 aromatic carbocycles. The lowest BCUT2D eigenvalue weighted by Gasteiger charge is -2.19. The Morgan fingerprint density at radius 2 is 1.77 bits per heavy atom. The Hall–Kier alpha value is -2.51. The molecule has 1 aliphatic rings. The van der Waals surface area contributed by atoms with E-state index in [0.717, 1.165) is 9.54 Å². The van der Waals surface area contributed by atoms with Crippen molar-refractivity contribution < 1.29 is 19.2 Å². The topological polar surface area (TPSA) is 75.7 Å². The van der Waals surface area contributed by atoms with Crippen LogP contribution in [0.3, 0.4) is 0 Å². The van der Waals surface area contributed by atoms with E-state index in [2.05, 4.69) is 21.2 Å². The fraction of sp³-hybridized carbons (Fsp3) is 0.211. The van der Waals surface area contributed by atoms with Crippen LogP contribution in [0.15, 0.2) is 53.0 Å². The maximum absolute atomic E-state index is 12.3. The zero-order chi connectivity index (χ0) is 18.7. The molecule has 7 heteroatoms. The highest BCUT2D eigenvalue weighted by molar-refractivity contribution is 9.10. The minimum absolute atomic E-state index is 0.166. The van der Waals surface area contributed by atoms with E-state index in [1.54, 1.807) is 43.3 Å². The molecule has 0 spiro atoms. The number of rotatable bonds is 6. The number of nitrogens with one attached hydrogen (secondary N) is 1. The predicted octanol–water partition coefficient (Wildman–Crippen LogP) is 3.78. The molecule has 0 saturated carbocycles. The van der Waals surface area contributed by atoms with E-state index in [1.807, 2.05) is 12.1 Å². The van der Waals surface area contributed by atoms with Crippen molar-refractivity contribution in [3.05, 3.63) is 64.1 Å². The predicted molar refractivity (Wildman–Crippen MR) is 99.5 cm³/mol. The Morgan fingerprint density at radius 1 is 1.12 bits per heavy atom. The maximum atomic E-state index is 12.3. The first-order valence-corrected chi connectivity index (χ1v) is 8.95. The van der Waals surface area contributed by atoms with Gasteiger partial charge in [0.2, 0.25) is 5.91 Å². The monoisotopic (exact) mass is 416 g/mol. The summed E-state index contributed by atoms with van der Waals surface area (Å²) in [4.78, 5) is 42.0. The van der Waals surface area contributed by atoms with Crippen molar-refractivity contribution in [3.8, 4) is 0 Å². The Labute approximate surface area is 159 Å². The van der Waals surface area contributed by atoms with Crippen LogP contribution in [0.25, 0.3) is 0 Å². The molecular weight excluding hydrogens is 400 g/mol. The van der Waals surface area contributed by atoms with Gasteiger partial charge < -0.3 is 5.32 Å². The molecule has 26 heavy (non-hydrogen) atoms. The molecule has 0 bridgehead atoms. The number of hydrogen-bond donors (Lipinski definition) is 1. The van der Waals surface area contributed by atoms with Crippen LogP contribution in [0.5, 0.6) is 0 Å². The summed E-state index contributed by atoms with van der Waals surface area (Å²) in [5.41, 5.74) is 1.35. The van der Waals surface area contributed by atoms with Crippen LogP contribution in [0, 0.1) is 0 Å². The van der Waals surface area contributed by atoms with Crippen LogP contribution in [0.2, 0.25) is 0 Å². The molecule has 1 atom stereocenters. The fourth-order valence-electron chi connectivity index (χ4n) is 2.62. The molecule has 1 N–H and O–H groups in total. The van der Waals surface area contributed by atoms with Crippen LogP contribution in [-0.4, -0.2) is 28.9 Å². The van der Waals surface area contributed by atoms with Gasteiger partial charge in [-0.2, -0.15) is 0 Å². The van der Waals surface area contributed by atoms with Crippen LogP contribution >= 0.6 is 15.9 Å². The second kappa shape index (κ2) is 7.80. The number of fused-ring (bicyclic) bond motifs is 1. The van der Waals surface area contributed by atoms with Gasteiger partial charge in [-0.3, -0.25) is 19.2 Å². The number of benzene rings is 2. The number of hydrogen-bond acceptors (Lipinski definition) is 4. The van der Waals surface area contributed by atoms with Gasteiger partial charge in [-0.1, -0.05) is 34.1 Å². The number of carbonyl (C=O) groups is 3. The molecule has 0 aromatic heterocycles. The van der Waals surface area contributed by atoms with E-state index in [0.29, 0.717) is 23.2 Å². The smallest absolute Gasteiger partial charge is 0.285 e. The highest BCUT2D eigenvalue weighted by Gasteiger charge is 2.37. The quantitative estimate of drug-likeness (QED) is 0.726. The van der Waals surface area contributed by atoms with Crippen molar-refractivity contribution in [1.29, 1.82) is 0 Å². The molecule has 0 saturated heterocycles. The molecule has 1 unspecified atom stereocenters. The molecule has 6 nitrogen and oxygen atoms in total. The number of hydroxylamine groups is 2. The third-order valence-corrected chi connectivity index (χ3v) is 4.42. The Bertz CT molecular complexity index is 833. The van der Waals surface area contributed by atoms with E-state index in [1.165, 1.54) is 0 Å². The molecule has 1 heterocycles. The summed E-state index contributed by atoms with van der Waals surface area (Å²) in [6.07, 6.45) is 0.106. The van der Waals surface area contributed by atoms with Crippen LogP contribution in [0.1, 0.15) is 40.5 Å². The highest BCUT2D eigenvalue weighted by atomic mass is 79.9. The first-order valence-electron chi connectivity index (χ1n) is 8.15. The van der Waals surface area contributed by atoms with Gasteiger partial charge in [-0.25, -0.2) is 0 Å². The van der Waals surface area contributed by atoms with Crippen molar-refractivity contribution in [2.75, 3.05) is 5.32 Å². The number of halogens is 1. The van der Waals surface area contributed by atoms with E-state index in [9.17, 15) is 14.4 Å². The molecule has 0 radical (unpaired) electrons. The molecule has 0 fully saturated rings. The lowest BCUT2D eigenvalue weighted by molar-refractivity contribution is -0.132. The SMILES string of the molecule is CC(CCC(=O)Nc1cccc(Br)c1)ON1C(=O)c2ccccc2C1=O. The third kappa shape index (κ3) is 4.00. The summed E-state index contributed by atoms with van der Waals surface area (Å²) in [5, 5.41) is 3.57. The van der Waals surface area contributed by atoms with Gasteiger partial charge in [-0.05, 0) is 43.7 Å². The normalized spacial score (nSPS) is 14.3. The zero-order valence-electron chi connectivity index (χ0n) is 14.1. The number of amides is 3. The second-order valence-electron chi connectivity index (χ2n) is 5.96. The Morgan fingerprint density at radius 3 is 2.38 bits per heavy atom. The van der Waals surface area contributed by atoms with Crippen molar-refractivity contribution in [2.45, 2.75) is 25.9 Å². The number of imide groups is 1. The van der Waals surface area contributed by atoms with Crippen molar-refractivity contribution in [1.82, 2.24) is 5.06 Å². The van der Waals surface area contributed by atoms with Gasteiger partial charge in [0.05, 0.1) is 17.2 Å². The van der Waals surface area contributed by atoms with Gasteiger partial charge in [0.15, 0.2) is 0 Å². The Kier molecular flexibility index (Phi) is 5.49. The first kappa shape index (κ1) is 18.3. The molecule has 134 valence electrons. The van der Waals surface area contributed by atoms with Gasteiger partial charge in [0.1, 0.15) is 0 Å². The van der Waals surface area contributed by atoms with Crippen LogP contribution in [-0.2, 0) is 9.63 Å². The molecule has 3 amide bonds. The summed E-state index contributed by atoms with van der Waals surface area (Å²) >= 11 is 3.35. The van der Waals surface area contributed by atoms with Gasteiger partial charge in [0, 0.05) is 16.6 Å². The van der Waals surface area contributed by atoms with Gasteiger partial charge in [0.25, 0.3) is 11.8 Å². The molecular formula is C19H17BrN2O4. The summed E-state index contributed by atoms with van der Waals surface area (Å²) in [6, 6.07) is 13.9. The number of anilines is 1. The van der Waals surface area contributed by atoms with E-state index < -0.39 is 17.9 Å². The molecule has 0 aliphatic carbocycles. The zero-order valence-corrected chi connectivity index (χ0v) is 15.7. The molecule has 2 aromatic rings. The summed E-state index contributed by atoms with van der Waals surface area (Å²) in [7, 11) is 0. The van der Waals surface area contributed by atoms with E-state index in [-0.39, 0.29) is 12.3 Å². The standard InChI is InChI=1S/C19H17BrN2O4/c1-12(9-10-17(23)21-14-6-4-5-13(20)11-14)26-22-18(24)15-7-2-3-8-16(15)19(22)25/h2-8,11-12H,9-10H2,1H3,(H,21,23). The van der Waals surface area contributed by atoms with Crippen LogP contribution in [0.4, 0.5) is 5.69 Å². The van der Waals surface area contributed by atoms with Gasteiger partial charge >= 0.3 is 0 Å². The third-order valence-electron chi connectivity index (χ3n) is 3.93. The number of carbonyl (C=O) groups excluding carboxylic acids is 3. The average Bonchev–Trinajstić information content (AvgIpc) is 2.85. The minimum atomic E-state index is -0.476. The van der Waals surface area contributed by atoms with Gasteiger partial charge in [-0.15, -0.1) is 5.06 Å². The maximum Gasteiger partial charge on any atom is 0.285 e. The fourth-order valence-corrected chi connectivity index (χ4v) is 3.02. The van der Waals surface area contributed by atoms with E-state index in [4.69, 9.17) is 4.84 Å². The van der Waals surface area contributed by atoms with Crippen molar-refractivity contribution >= 4 is 39.3 Å². The summed E-state index contributed by atoms with van der Waals surface area (Å²) in [5.74, 6) is -1.12. The average molecular weight is 417 g/mol. The van der Waals surface area contributed by atoms with Crippen LogP contribution < -0.4 is 5.32 Å². The molecule has 3 rings (SSSR count). The lowest BCUT2D eigenvalue weighted by Crippen LogP contribution is -2.34. The van der Waals surface area contributed by atoms with Crippen molar-refractivity contribution in [2.24, 2.45) is 0 Å². The number of nitrogens with zero attached hydrogens (tertiary/aromatic N) is 1. The highest BCUT2D eigenvalue weighted by Crippen LogP contribution is 2.24. The van der Waals surface area contributed by atoms with Crippen molar-refractivity contribution in [3.63, 3.8) is 0 Å². The summed E-state index contributed by atoms with van der Waals surface area (Å²) < 4.78 is 0.873.